The molecule has 2 heterocycles. The standard InChI is InChI=1S/C28H23FN2O4/c1-30-16-22(21-8-3-4-9-23(21)30)25-24(26(32)18-6-5-7-20(14-18)35-2)27(33)28(34)31(25)15-17-10-12-19(29)13-11-17/h3-14,16,25,32H,15H2,1-2H3/b26-24+. The Morgan fingerprint density at radius 2 is 1.77 bits per heavy atom. The van der Waals surface area contributed by atoms with Gasteiger partial charge in [-0.25, -0.2) is 4.39 Å². The molecule has 0 radical (unpaired) electrons. The molecule has 0 saturated carbocycles. The van der Waals surface area contributed by atoms with Crippen LogP contribution >= 0.6 is 0 Å². The SMILES string of the molecule is COc1cccc(/C(O)=C2\C(=O)C(=O)N(Cc3ccc(F)cc3)C2c2cn(C)c3ccccc23)c1. The molecule has 1 fully saturated rings. The molecule has 176 valence electrons. The third-order valence-corrected chi connectivity index (χ3v) is 6.37. The van der Waals surface area contributed by atoms with Crippen molar-refractivity contribution in [3.05, 3.63) is 107 Å². The number of carbonyl (C=O) groups excluding carboxylic acids is 2. The molecular weight excluding hydrogens is 447 g/mol. The van der Waals surface area contributed by atoms with Gasteiger partial charge in [-0.2, -0.15) is 0 Å². The number of methoxy groups -OCH3 is 1. The highest BCUT2D eigenvalue weighted by atomic mass is 19.1. The number of fused-ring (bicyclic) bond motifs is 1. The first kappa shape index (κ1) is 22.4. The molecule has 0 bridgehead atoms. The smallest absolute Gasteiger partial charge is 0.295 e. The number of Topliss-reactive ketones (excluding diaryl/α,β-unsaturated/α-hetero) is 1. The third kappa shape index (κ3) is 3.85. The Hall–Kier alpha value is -4.39. The van der Waals surface area contributed by atoms with Crippen molar-refractivity contribution in [1.82, 2.24) is 9.47 Å². The first-order valence-corrected chi connectivity index (χ1v) is 11.1. The topological polar surface area (TPSA) is 71.8 Å². The molecular formula is C28H23FN2O4. The predicted octanol–water partition coefficient (Wildman–Crippen LogP) is 4.95. The van der Waals surface area contributed by atoms with Gasteiger partial charge in [-0.3, -0.25) is 9.59 Å². The number of aliphatic hydroxyl groups is 1. The lowest BCUT2D eigenvalue weighted by Gasteiger charge is -2.25. The van der Waals surface area contributed by atoms with Crippen LogP contribution in [-0.4, -0.2) is 33.4 Å². The fourth-order valence-electron chi connectivity index (χ4n) is 4.67. The number of rotatable bonds is 5. The van der Waals surface area contributed by atoms with Gasteiger partial charge in [0.25, 0.3) is 11.7 Å². The fraction of sp³-hybridized carbons (Fsp3) is 0.143. The summed E-state index contributed by atoms with van der Waals surface area (Å²) in [6, 6.07) is 19.3. The molecule has 5 rings (SSSR count). The lowest BCUT2D eigenvalue weighted by molar-refractivity contribution is -0.140. The first-order valence-electron chi connectivity index (χ1n) is 11.1. The van der Waals surface area contributed by atoms with E-state index in [2.05, 4.69) is 0 Å². The lowest BCUT2D eigenvalue weighted by atomic mass is 9.94. The molecule has 7 heteroatoms. The molecule has 1 atom stereocenters. The highest BCUT2D eigenvalue weighted by Crippen LogP contribution is 2.43. The number of carbonyl (C=O) groups is 2. The minimum Gasteiger partial charge on any atom is -0.507 e. The van der Waals surface area contributed by atoms with Crippen LogP contribution in [0.25, 0.3) is 16.7 Å². The Balaban J connectivity index is 1.72. The van der Waals surface area contributed by atoms with Gasteiger partial charge < -0.3 is 19.3 Å². The number of aryl methyl sites for hydroxylation is 1. The van der Waals surface area contributed by atoms with Crippen LogP contribution in [0.1, 0.15) is 22.7 Å². The second-order valence-electron chi connectivity index (χ2n) is 8.50. The van der Waals surface area contributed by atoms with Crippen LogP contribution in [-0.2, 0) is 23.2 Å². The van der Waals surface area contributed by atoms with E-state index in [0.717, 1.165) is 10.9 Å². The summed E-state index contributed by atoms with van der Waals surface area (Å²) >= 11 is 0. The largest absolute Gasteiger partial charge is 0.507 e. The van der Waals surface area contributed by atoms with Gasteiger partial charge in [-0.05, 0) is 35.9 Å². The number of ether oxygens (including phenoxy) is 1. The molecule has 6 nitrogen and oxygen atoms in total. The number of para-hydroxylation sites is 1. The highest BCUT2D eigenvalue weighted by molar-refractivity contribution is 6.46. The number of benzene rings is 3. The number of likely N-dealkylation sites (tertiary alicyclic amines) is 1. The average Bonchev–Trinajstić information content (AvgIpc) is 3.33. The van der Waals surface area contributed by atoms with Gasteiger partial charge in [0.1, 0.15) is 17.3 Å². The van der Waals surface area contributed by atoms with Crippen LogP contribution in [0.4, 0.5) is 4.39 Å². The summed E-state index contributed by atoms with van der Waals surface area (Å²) in [5, 5.41) is 12.2. The number of amides is 1. The Morgan fingerprint density at radius 3 is 2.51 bits per heavy atom. The van der Waals surface area contributed by atoms with Crippen LogP contribution in [0, 0.1) is 5.82 Å². The number of ketones is 1. The van der Waals surface area contributed by atoms with Crippen LogP contribution in [0.15, 0.2) is 84.6 Å². The molecule has 1 aromatic heterocycles. The van der Waals surface area contributed by atoms with Crippen molar-refractivity contribution >= 4 is 28.4 Å². The second kappa shape index (κ2) is 8.76. The molecule has 1 aliphatic rings. The molecule has 1 unspecified atom stereocenters. The van der Waals surface area contributed by atoms with Crippen molar-refractivity contribution < 1.29 is 23.8 Å². The number of aromatic nitrogens is 1. The van der Waals surface area contributed by atoms with Gasteiger partial charge >= 0.3 is 0 Å². The maximum Gasteiger partial charge on any atom is 0.295 e. The minimum absolute atomic E-state index is 0.00159. The van der Waals surface area contributed by atoms with Crippen molar-refractivity contribution in [2.24, 2.45) is 7.05 Å². The molecule has 1 saturated heterocycles. The van der Waals surface area contributed by atoms with Crippen LogP contribution in [0.2, 0.25) is 0 Å². The van der Waals surface area contributed by atoms with E-state index in [1.807, 2.05) is 42.1 Å². The molecule has 1 amide bonds. The Kier molecular flexibility index (Phi) is 5.61. The molecule has 1 aliphatic heterocycles. The molecule has 3 aromatic carbocycles. The van der Waals surface area contributed by atoms with Gasteiger partial charge in [0.15, 0.2) is 0 Å². The maximum absolute atomic E-state index is 13.5. The lowest BCUT2D eigenvalue weighted by Crippen LogP contribution is -2.29. The van der Waals surface area contributed by atoms with Gasteiger partial charge in [0.05, 0.1) is 18.7 Å². The van der Waals surface area contributed by atoms with Gasteiger partial charge in [0, 0.05) is 41.8 Å². The van der Waals surface area contributed by atoms with E-state index in [4.69, 9.17) is 4.74 Å². The van der Waals surface area contributed by atoms with E-state index in [1.54, 1.807) is 36.4 Å². The Bertz CT molecular complexity index is 1490. The Morgan fingerprint density at radius 1 is 1.03 bits per heavy atom. The minimum atomic E-state index is -0.836. The predicted molar refractivity (Wildman–Crippen MR) is 130 cm³/mol. The van der Waals surface area contributed by atoms with Crippen LogP contribution in [0.5, 0.6) is 5.75 Å². The molecule has 35 heavy (non-hydrogen) atoms. The van der Waals surface area contributed by atoms with Crippen LogP contribution < -0.4 is 4.74 Å². The van der Waals surface area contributed by atoms with Gasteiger partial charge in [-0.15, -0.1) is 0 Å². The van der Waals surface area contributed by atoms with E-state index >= 15 is 0 Å². The van der Waals surface area contributed by atoms with E-state index in [9.17, 15) is 19.1 Å². The zero-order valence-electron chi connectivity index (χ0n) is 19.2. The summed E-state index contributed by atoms with van der Waals surface area (Å²) in [7, 11) is 3.40. The summed E-state index contributed by atoms with van der Waals surface area (Å²) < 4.78 is 20.7. The highest BCUT2D eigenvalue weighted by Gasteiger charge is 2.47. The number of halogens is 1. The van der Waals surface area contributed by atoms with Gasteiger partial charge in [-0.1, -0.05) is 42.5 Å². The summed E-state index contributed by atoms with van der Waals surface area (Å²) in [6.45, 7) is 0.0770. The summed E-state index contributed by atoms with van der Waals surface area (Å²) in [6.07, 6.45) is 1.87. The maximum atomic E-state index is 13.5. The van der Waals surface area contributed by atoms with Crippen molar-refractivity contribution in [3.8, 4) is 5.75 Å². The quantitative estimate of drug-likeness (QED) is 0.255. The average molecular weight is 471 g/mol. The zero-order chi connectivity index (χ0) is 24.7. The number of hydrogen-bond donors (Lipinski definition) is 1. The van der Waals surface area contributed by atoms with Crippen molar-refractivity contribution in [3.63, 3.8) is 0 Å². The van der Waals surface area contributed by atoms with Gasteiger partial charge in [0.2, 0.25) is 0 Å². The number of nitrogens with zero attached hydrogens (tertiary/aromatic N) is 2. The first-order chi connectivity index (χ1) is 16.9. The fourth-order valence-corrected chi connectivity index (χ4v) is 4.67. The second-order valence-corrected chi connectivity index (χ2v) is 8.50. The Labute approximate surface area is 201 Å². The van der Waals surface area contributed by atoms with Crippen LogP contribution in [0.3, 0.4) is 0 Å². The molecule has 0 aliphatic carbocycles. The molecule has 0 spiro atoms. The summed E-state index contributed by atoms with van der Waals surface area (Å²) in [4.78, 5) is 28.1. The monoisotopic (exact) mass is 470 g/mol. The van der Waals surface area contributed by atoms with E-state index < -0.39 is 17.7 Å². The van der Waals surface area contributed by atoms with E-state index in [1.165, 1.54) is 24.1 Å². The number of hydrogen-bond acceptors (Lipinski definition) is 4. The van der Waals surface area contributed by atoms with E-state index in [-0.39, 0.29) is 23.7 Å². The summed E-state index contributed by atoms with van der Waals surface area (Å²) in [5.74, 6) is -1.65. The molecule has 1 N–H and O–H groups in total. The van der Waals surface area contributed by atoms with Crippen molar-refractivity contribution in [2.75, 3.05) is 7.11 Å². The molecule has 4 aromatic rings. The summed E-state index contributed by atoms with van der Waals surface area (Å²) in [5.41, 5.74) is 2.68. The van der Waals surface area contributed by atoms with E-state index in [0.29, 0.717) is 22.4 Å². The van der Waals surface area contributed by atoms with Crippen molar-refractivity contribution in [2.45, 2.75) is 12.6 Å². The third-order valence-electron chi connectivity index (χ3n) is 6.37. The zero-order valence-corrected chi connectivity index (χ0v) is 19.2. The normalized spacial score (nSPS) is 17.3. The van der Waals surface area contributed by atoms with Crippen molar-refractivity contribution in [1.29, 1.82) is 0 Å². The number of aliphatic hydroxyl groups excluding tert-OH is 1.